The number of rotatable bonds is 3. The number of nitrogens with zero attached hydrogens (tertiary/aromatic N) is 1. The van der Waals surface area contributed by atoms with E-state index in [-0.39, 0.29) is 0 Å². The number of nitrogens with one attached hydrogen (secondary N) is 2. The SMILES string of the molecule is CCCN=C(NN)NC1CCOCC1. The summed E-state index contributed by atoms with van der Waals surface area (Å²) in [6.45, 7) is 4.54. The molecule has 0 saturated carbocycles. The lowest BCUT2D eigenvalue weighted by molar-refractivity contribution is 0.0822. The average Bonchev–Trinajstić information content (AvgIpc) is 2.25. The summed E-state index contributed by atoms with van der Waals surface area (Å²) >= 11 is 0. The molecule has 82 valence electrons. The Balaban J connectivity index is 2.30. The van der Waals surface area contributed by atoms with Crippen molar-refractivity contribution in [3.63, 3.8) is 0 Å². The normalized spacial score (nSPS) is 19.4. The predicted octanol–water partition coefficient (Wildman–Crippen LogP) is -0.0157. The first kappa shape index (κ1) is 11.3. The van der Waals surface area contributed by atoms with Gasteiger partial charge in [-0.25, -0.2) is 5.84 Å². The van der Waals surface area contributed by atoms with Crippen LogP contribution in [0.4, 0.5) is 0 Å². The third kappa shape index (κ3) is 3.93. The summed E-state index contributed by atoms with van der Waals surface area (Å²) in [7, 11) is 0. The van der Waals surface area contributed by atoms with E-state index in [9.17, 15) is 0 Å². The van der Waals surface area contributed by atoms with Gasteiger partial charge < -0.3 is 10.1 Å². The quantitative estimate of drug-likeness (QED) is 0.259. The molecule has 0 aromatic heterocycles. The second-order valence-corrected chi connectivity index (χ2v) is 3.41. The van der Waals surface area contributed by atoms with Gasteiger partial charge in [0, 0.05) is 25.8 Å². The van der Waals surface area contributed by atoms with Crippen molar-refractivity contribution in [2.24, 2.45) is 10.8 Å². The monoisotopic (exact) mass is 200 g/mol. The van der Waals surface area contributed by atoms with Gasteiger partial charge in [0.15, 0.2) is 0 Å². The molecule has 14 heavy (non-hydrogen) atoms. The lowest BCUT2D eigenvalue weighted by Crippen LogP contribution is -2.48. The second-order valence-electron chi connectivity index (χ2n) is 3.41. The van der Waals surface area contributed by atoms with Gasteiger partial charge in [-0.2, -0.15) is 0 Å². The van der Waals surface area contributed by atoms with Crippen LogP contribution in [0.2, 0.25) is 0 Å². The molecular formula is C9H20N4O. The van der Waals surface area contributed by atoms with E-state index in [1.807, 2.05) is 0 Å². The van der Waals surface area contributed by atoms with E-state index in [0.717, 1.165) is 39.0 Å². The molecule has 1 heterocycles. The van der Waals surface area contributed by atoms with Crippen LogP contribution in [0, 0.1) is 0 Å². The molecule has 0 unspecified atom stereocenters. The molecule has 0 atom stereocenters. The van der Waals surface area contributed by atoms with Crippen LogP contribution in [0.1, 0.15) is 26.2 Å². The Hall–Kier alpha value is -0.810. The summed E-state index contributed by atoms with van der Waals surface area (Å²) < 4.78 is 5.26. The summed E-state index contributed by atoms with van der Waals surface area (Å²) in [6, 6.07) is 0.440. The molecule has 0 aromatic rings. The van der Waals surface area contributed by atoms with Crippen molar-refractivity contribution < 1.29 is 4.74 Å². The maximum atomic E-state index is 5.36. The summed E-state index contributed by atoms with van der Waals surface area (Å²) in [5.74, 6) is 6.05. The Bertz CT molecular complexity index is 178. The zero-order chi connectivity index (χ0) is 10.2. The standard InChI is InChI=1S/C9H20N4O/c1-2-5-11-9(13-10)12-8-3-6-14-7-4-8/h8H,2-7,10H2,1H3,(H2,11,12,13). The number of hydrogen-bond acceptors (Lipinski definition) is 3. The highest BCUT2D eigenvalue weighted by molar-refractivity contribution is 5.79. The van der Waals surface area contributed by atoms with Gasteiger partial charge in [0.1, 0.15) is 0 Å². The van der Waals surface area contributed by atoms with Crippen molar-refractivity contribution in [3.05, 3.63) is 0 Å². The van der Waals surface area contributed by atoms with E-state index in [0.29, 0.717) is 12.0 Å². The van der Waals surface area contributed by atoms with Crippen LogP contribution in [-0.4, -0.2) is 31.8 Å². The van der Waals surface area contributed by atoms with Gasteiger partial charge in [-0.3, -0.25) is 10.4 Å². The zero-order valence-electron chi connectivity index (χ0n) is 8.75. The molecule has 5 nitrogen and oxygen atoms in total. The fourth-order valence-corrected chi connectivity index (χ4v) is 1.39. The van der Waals surface area contributed by atoms with Crippen molar-refractivity contribution in [1.29, 1.82) is 0 Å². The summed E-state index contributed by atoms with van der Waals surface area (Å²) in [5, 5.41) is 3.27. The van der Waals surface area contributed by atoms with Gasteiger partial charge in [-0.15, -0.1) is 0 Å². The first-order valence-corrected chi connectivity index (χ1v) is 5.22. The Morgan fingerprint density at radius 2 is 2.21 bits per heavy atom. The average molecular weight is 200 g/mol. The number of nitrogens with two attached hydrogens (primary N) is 1. The molecule has 0 spiro atoms. The molecular weight excluding hydrogens is 180 g/mol. The summed E-state index contributed by atoms with van der Waals surface area (Å²) in [5.41, 5.74) is 2.58. The van der Waals surface area contributed by atoms with Crippen LogP contribution >= 0.6 is 0 Å². The number of guanidine groups is 1. The van der Waals surface area contributed by atoms with Crippen LogP contribution in [0.3, 0.4) is 0 Å². The lowest BCUT2D eigenvalue weighted by atomic mass is 10.1. The van der Waals surface area contributed by atoms with E-state index in [4.69, 9.17) is 10.6 Å². The fraction of sp³-hybridized carbons (Fsp3) is 0.889. The van der Waals surface area contributed by atoms with Crippen molar-refractivity contribution in [2.75, 3.05) is 19.8 Å². The van der Waals surface area contributed by atoms with Crippen LogP contribution in [0.15, 0.2) is 4.99 Å². The number of aliphatic imine (C=N–C) groups is 1. The molecule has 0 aromatic carbocycles. The van der Waals surface area contributed by atoms with E-state index in [1.54, 1.807) is 0 Å². The molecule has 0 bridgehead atoms. The first-order valence-electron chi connectivity index (χ1n) is 5.22. The van der Waals surface area contributed by atoms with Gasteiger partial charge in [-0.1, -0.05) is 6.92 Å². The Kier molecular flexibility index (Phi) is 5.32. The van der Waals surface area contributed by atoms with Crippen molar-refractivity contribution in [1.82, 2.24) is 10.7 Å². The molecule has 1 aliphatic rings. The Labute approximate surface area is 85.1 Å². The van der Waals surface area contributed by atoms with Gasteiger partial charge in [0.25, 0.3) is 0 Å². The predicted molar refractivity (Wildman–Crippen MR) is 56.9 cm³/mol. The molecule has 0 aliphatic carbocycles. The molecule has 0 radical (unpaired) electrons. The van der Waals surface area contributed by atoms with Crippen molar-refractivity contribution in [2.45, 2.75) is 32.2 Å². The highest BCUT2D eigenvalue weighted by Crippen LogP contribution is 2.05. The molecule has 4 N–H and O–H groups in total. The van der Waals surface area contributed by atoms with Crippen LogP contribution in [0.5, 0.6) is 0 Å². The lowest BCUT2D eigenvalue weighted by Gasteiger charge is -2.24. The number of ether oxygens (including phenoxy) is 1. The second kappa shape index (κ2) is 6.62. The van der Waals surface area contributed by atoms with E-state index >= 15 is 0 Å². The Morgan fingerprint density at radius 1 is 1.50 bits per heavy atom. The largest absolute Gasteiger partial charge is 0.381 e. The first-order chi connectivity index (χ1) is 6.86. The Morgan fingerprint density at radius 3 is 2.79 bits per heavy atom. The van der Waals surface area contributed by atoms with Crippen LogP contribution in [0.25, 0.3) is 0 Å². The molecule has 1 aliphatic heterocycles. The van der Waals surface area contributed by atoms with Crippen molar-refractivity contribution in [3.8, 4) is 0 Å². The minimum absolute atomic E-state index is 0.440. The minimum Gasteiger partial charge on any atom is -0.381 e. The van der Waals surface area contributed by atoms with E-state index in [1.165, 1.54) is 0 Å². The van der Waals surface area contributed by atoms with Crippen molar-refractivity contribution >= 4 is 5.96 Å². The molecule has 1 fully saturated rings. The van der Waals surface area contributed by atoms with Gasteiger partial charge >= 0.3 is 0 Å². The third-order valence-corrected chi connectivity index (χ3v) is 2.19. The minimum atomic E-state index is 0.440. The van der Waals surface area contributed by atoms with Gasteiger partial charge in [0.05, 0.1) is 0 Å². The zero-order valence-corrected chi connectivity index (χ0v) is 8.75. The highest BCUT2D eigenvalue weighted by Gasteiger charge is 2.14. The maximum Gasteiger partial charge on any atom is 0.205 e. The third-order valence-electron chi connectivity index (χ3n) is 2.19. The number of hydrazine groups is 1. The summed E-state index contributed by atoms with van der Waals surface area (Å²) in [6.07, 6.45) is 3.07. The molecule has 5 heteroatoms. The highest BCUT2D eigenvalue weighted by atomic mass is 16.5. The summed E-state index contributed by atoms with van der Waals surface area (Å²) in [4.78, 5) is 4.28. The fourth-order valence-electron chi connectivity index (χ4n) is 1.39. The smallest absolute Gasteiger partial charge is 0.205 e. The topological polar surface area (TPSA) is 71.7 Å². The molecule has 0 amide bonds. The number of hydrogen-bond donors (Lipinski definition) is 3. The van der Waals surface area contributed by atoms with Crippen LogP contribution in [-0.2, 0) is 4.74 Å². The van der Waals surface area contributed by atoms with E-state index < -0.39 is 0 Å². The van der Waals surface area contributed by atoms with Crippen LogP contribution < -0.4 is 16.6 Å². The molecule has 1 rings (SSSR count). The van der Waals surface area contributed by atoms with E-state index in [2.05, 4.69) is 22.7 Å². The maximum absolute atomic E-state index is 5.36. The molecule has 1 saturated heterocycles. The van der Waals surface area contributed by atoms with Gasteiger partial charge in [0.2, 0.25) is 5.96 Å². The van der Waals surface area contributed by atoms with Gasteiger partial charge in [-0.05, 0) is 19.3 Å².